The van der Waals surface area contributed by atoms with Gasteiger partial charge in [-0.1, -0.05) is 85.0 Å². The van der Waals surface area contributed by atoms with E-state index in [4.69, 9.17) is 0 Å². The van der Waals surface area contributed by atoms with E-state index < -0.39 is 0 Å². The van der Waals surface area contributed by atoms with E-state index in [1.54, 1.807) is 0 Å². The fourth-order valence-corrected chi connectivity index (χ4v) is 4.18. The first-order chi connectivity index (χ1) is 12.8. The second-order valence-corrected chi connectivity index (χ2v) is 7.00. The minimum Gasteiger partial charge on any atom is -0.0801 e. The number of rotatable bonds is 1. The van der Waals surface area contributed by atoms with Crippen molar-refractivity contribution < 1.29 is 0 Å². The van der Waals surface area contributed by atoms with Crippen molar-refractivity contribution in [3.63, 3.8) is 0 Å². The van der Waals surface area contributed by atoms with Gasteiger partial charge in [0, 0.05) is 0 Å². The Bertz CT molecular complexity index is 1150. The summed E-state index contributed by atoms with van der Waals surface area (Å²) in [5.41, 5.74) is 6.71. The van der Waals surface area contributed by atoms with Gasteiger partial charge in [-0.2, -0.15) is 0 Å². The van der Waals surface area contributed by atoms with Crippen LogP contribution in [0.4, 0.5) is 0 Å². The van der Waals surface area contributed by atoms with Crippen molar-refractivity contribution in [3.8, 4) is 11.1 Å². The number of aryl methyl sites for hydroxylation is 1. The molecule has 5 rings (SSSR count). The lowest BCUT2D eigenvalue weighted by Crippen LogP contribution is -1.92. The van der Waals surface area contributed by atoms with E-state index in [1.807, 2.05) is 0 Å². The van der Waals surface area contributed by atoms with Crippen molar-refractivity contribution in [1.82, 2.24) is 0 Å². The Kier molecular flexibility index (Phi) is 3.50. The van der Waals surface area contributed by atoms with Crippen molar-refractivity contribution in [1.29, 1.82) is 0 Å². The summed E-state index contributed by atoms with van der Waals surface area (Å²) >= 11 is 0. The van der Waals surface area contributed by atoms with E-state index >= 15 is 0 Å². The molecule has 4 aromatic carbocycles. The van der Waals surface area contributed by atoms with Gasteiger partial charge in [0.1, 0.15) is 0 Å². The van der Waals surface area contributed by atoms with Gasteiger partial charge in [-0.15, -0.1) is 0 Å². The van der Waals surface area contributed by atoms with Crippen molar-refractivity contribution in [3.05, 3.63) is 102 Å². The minimum atomic E-state index is 0.998. The summed E-state index contributed by atoms with van der Waals surface area (Å²) in [7, 11) is 0. The van der Waals surface area contributed by atoms with Crippen LogP contribution < -0.4 is 0 Å². The van der Waals surface area contributed by atoms with Crippen molar-refractivity contribution in [2.75, 3.05) is 0 Å². The quantitative estimate of drug-likeness (QED) is 0.326. The summed E-state index contributed by atoms with van der Waals surface area (Å²) in [6.45, 7) is 2.24. The van der Waals surface area contributed by atoms with Gasteiger partial charge in [-0.25, -0.2) is 0 Å². The van der Waals surface area contributed by atoms with Crippen LogP contribution in [0, 0.1) is 6.92 Å². The second-order valence-electron chi connectivity index (χ2n) is 7.00. The Labute approximate surface area is 154 Å². The number of hydrogen-bond donors (Lipinski definition) is 0. The molecule has 0 saturated heterocycles. The van der Waals surface area contributed by atoms with Gasteiger partial charge >= 0.3 is 0 Å². The fraction of sp³-hybridized carbons (Fsp3) is 0.0769. The third kappa shape index (κ3) is 2.30. The molecule has 124 valence electrons. The van der Waals surface area contributed by atoms with Gasteiger partial charge in [-0.3, -0.25) is 0 Å². The largest absolute Gasteiger partial charge is 0.0801 e. The predicted molar refractivity (Wildman–Crippen MR) is 114 cm³/mol. The number of benzene rings is 4. The summed E-state index contributed by atoms with van der Waals surface area (Å²) in [6, 6.07) is 24.5. The first-order valence-corrected chi connectivity index (χ1v) is 9.19. The van der Waals surface area contributed by atoms with Crippen LogP contribution in [0.25, 0.3) is 38.7 Å². The third-order valence-corrected chi connectivity index (χ3v) is 5.50. The van der Waals surface area contributed by atoms with Crippen LogP contribution in [0.15, 0.2) is 85.0 Å². The van der Waals surface area contributed by atoms with Crippen LogP contribution in [0.2, 0.25) is 0 Å². The lowest BCUT2D eigenvalue weighted by atomic mass is 9.87. The zero-order valence-electron chi connectivity index (χ0n) is 14.9. The SMILES string of the molecule is Cc1c2ccccc2c(-c2ccc3c(c2)C=CC=CC3)c2ccccc12. The lowest BCUT2D eigenvalue weighted by molar-refractivity contribution is 1.27. The monoisotopic (exact) mass is 332 g/mol. The molecular formula is C26H20. The maximum atomic E-state index is 2.35. The Balaban J connectivity index is 1.89. The molecule has 1 aliphatic rings. The molecule has 0 fully saturated rings. The van der Waals surface area contributed by atoms with E-state index in [2.05, 4.69) is 98.0 Å². The van der Waals surface area contributed by atoms with Crippen LogP contribution in [0.1, 0.15) is 16.7 Å². The summed E-state index contributed by atoms with van der Waals surface area (Å²) in [4.78, 5) is 0. The molecule has 0 aliphatic heterocycles. The van der Waals surface area contributed by atoms with Gasteiger partial charge in [0.15, 0.2) is 0 Å². The highest BCUT2D eigenvalue weighted by molar-refractivity contribution is 6.14. The summed E-state index contributed by atoms with van der Waals surface area (Å²) in [5.74, 6) is 0. The van der Waals surface area contributed by atoms with E-state index in [0.717, 1.165) is 6.42 Å². The van der Waals surface area contributed by atoms with E-state index in [9.17, 15) is 0 Å². The Morgan fingerprint density at radius 2 is 1.35 bits per heavy atom. The van der Waals surface area contributed by atoms with Gasteiger partial charge in [-0.05, 0) is 68.8 Å². The Hall–Kier alpha value is -3.12. The average molecular weight is 332 g/mol. The van der Waals surface area contributed by atoms with Crippen molar-refractivity contribution in [2.45, 2.75) is 13.3 Å². The van der Waals surface area contributed by atoms with Crippen LogP contribution in [0.3, 0.4) is 0 Å². The molecule has 0 saturated carbocycles. The molecule has 0 heterocycles. The normalized spacial score (nSPS) is 13.1. The van der Waals surface area contributed by atoms with E-state index in [-0.39, 0.29) is 0 Å². The van der Waals surface area contributed by atoms with Gasteiger partial charge in [0.05, 0.1) is 0 Å². The average Bonchev–Trinajstić information content (AvgIpc) is 2.93. The van der Waals surface area contributed by atoms with Crippen LogP contribution in [-0.4, -0.2) is 0 Å². The highest BCUT2D eigenvalue weighted by Crippen LogP contribution is 2.39. The topological polar surface area (TPSA) is 0 Å². The van der Waals surface area contributed by atoms with Crippen LogP contribution in [-0.2, 0) is 6.42 Å². The molecule has 0 aromatic heterocycles. The molecule has 26 heavy (non-hydrogen) atoms. The molecule has 0 radical (unpaired) electrons. The zero-order valence-corrected chi connectivity index (χ0v) is 14.9. The van der Waals surface area contributed by atoms with Crippen molar-refractivity contribution >= 4 is 27.6 Å². The molecule has 0 heteroatoms. The first kappa shape index (κ1) is 15.2. The van der Waals surface area contributed by atoms with Gasteiger partial charge in [0.2, 0.25) is 0 Å². The van der Waals surface area contributed by atoms with Gasteiger partial charge in [0.25, 0.3) is 0 Å². The van der Waals surface area contributed by atoms with E-state index in [1.165, 1.54) is 49.4 Å². The van der Waals surface area contributed by atoms with Crippen LogP contribution in [0.5, 0.6) is 0 Å². The molecule has 0 bridgehead atoms. The zero-order chi connectivity index (χ0) is 17.5. The Morgan fingerprint density at radius 1 is 0.692 bits per heavy atom. The summed E-state index contributed by atoms with van der Waals surface area (Å²) in [6.07, 6.45) is 9.72. The smallest absolute Gasteiger partial charge is 0.00264 e. The molecular weight excluding hydrogens is 312 g/mol. The second kappa shape index (κ2) is 6.00. The number of allylic oxidation sites excluding steroid dienone is 3. The number of hydrogen-bond acceptors (Lipinski definition) is 0. The molecule has 0 amide bonds. The van der Waals surface area contributed by atoms with E-state index in [0.29, 0.717) is 0 Å². The lowest BCUT2D eigenvalue weighted by Gasteiger charge is -2.16. The van der Waals surface area contributed by atoms with Crippen LogP contribution >= 0.6 is 0 Å². The molecule has 0 unspecified atom stereocenters. The number of fused-ring (bicyclic) bond motifs is 3. The fourth-order valence-electron chi connectivity index (χ4n) is 4.18. The Morgan fingerprint density at radius 3 is 2.04 bits per heavy atom. The minimum absolute atomic E-state index is 0.998. The van der Waals surface area contributed by atoms with Gasteiger partial charge < -0.3 is 0 Å². The molecule has 0 atom stereocenters. The molecule has 0 nitrogen and oxygen atoms in total. The maximum Gasteiger partial charge on any atom is -0.00264 e. The predicted octanol–water partition coefficient (Wildman–Crippen LogP) is 7.09. The summed E-state index contributed by atoms with van der Waals surface area (Å²) in [5, 5.41) is 5.35. The van der Waals surface area contributed by atoms with Crippen molar-refractivity contribution in [2.24, 2.45) is 0 Å². The highest BCUT2D eigenvalue weighted by Gasteiger charge is 2.13. The highest BCUT2D eigenvalue weighted by atomic mass is 14.2. The molecule has 0 spiro atoms. The maximum absolute atomic E-state index is 2.35. The molecule has 1 aliphatic carbocycles. The summed E-state index contributed by atoms with van der Waals surface area (Å²) < 4.78 is 0. The standard InChI is InChI=1S/C26H20/c1-18-22-11-5-7-13-24(22)26(25-14-8-6-12-23(18)25)21-16-15-19-9-3-2-4-10-20(19)17-21/h2-8,10-17H,9H2,1H3. The molecule has 4 aromatic rings. The first-order valence-electron chi connectivity index (χ1n) is 9.19. The molecule has 0 N–H and O–H groups in total. The third-order valence-electron chi connectivity index (χ3n) is 5.50.